The van der Waals surface area contributed by atoms with Gasteiger partial charge in [-0.05, 0) is 37.3 Å². The molecular weight excluding hydrogens is 390 g/mol. The topological polar surface area (TPSA) is 90.0 Å². The first-order chi connectivity index (χ1) is 12.8. The van der Waals surface area contributed by atoms with E-state index in [0.29, 0.717) is 25.1 Å². The molecule has 0 aliphatic carbocycles. The number of ether oxygens (including phenoxy) is 2. The zero-order valence-corrected chi connectivity index (χ0v) is 17.4. The number of carbonyl (C=O) groups is 2. The number of benzene rings is 1. The van der Waals surface area contributed by atoms with Gasteiger partial charge in [-0.2, -0.15) is 0 Å². The van der Waals surface area contributed by atoms with Gasteiger partial charge in [0.2, 0.25) is 0 Å². The third kappa shape index (κ3) is 5.62. The molecular formula is C18H25NO6S2. The number of hydrogen-bond donors (Lipinski definition) is 0. The molecule has 2 rings (SSSR count). The molecule has 1 aliphatic heterocycles. The maximum atomic E-state index is 12.5. The van der Waals surface area contributed by atoms with Crippen LogP contribution in [-0.2, 0) is 19.4 Å². The standard InChI is InChI=1S/C18H25NO6S2/c1-4-8-19(13-7-9-27(22,23)12-13)17(20)11-25-18(21)15-6-5-14(26-3)10-16(15)24-2/h5-6,10,13H,4,7-9,11-12H2,1-3H3/t13-/m1/s1. The second-order valence-corrected chi connectivity index (χ2v) is 9.39. The molecule has 0 radical (unpaired) electrons. The third-order valence-electron chi connectivity index (χ3n) is 4.39. The molecule has 0 bridgehead atoms. The van der Waals surface area contributed by atoms with Crippen LogP contribution in [0.3, 0.4) is 0 Å². The molecule has 150 valence electrons. The monoisotopic (exact) mass is 415 g/mol. The Hall–Kier alpha value is -1.74. The SMILES string of the molecule is CCCN(C(=O)COC(=O)c1ccc(SC)cc1OC)[C@@H]1CCS(=O)(=O)C1. The quantitative estimate of drug-likeness (QED) is 0.474. The molecule has 0 N–H and O–H groups in total. The van der Waals surface area contributed by atoms with Crippen molar-refractivity contribution in [3.05, 3.63) is 23.8 Å². The Labute approximate surface area is 164 Å². The number of amides is 1. The third-order valence-corrected chi connectivity index (χ3v) is 6.87. The van der Waals surface area contributed by atoms with E-state index in [1.54, 1.807) is 18.2 Å². The maximum Gasteiger partial charge on any atom is 0.342 e. The molecule has 1 saturated heterocycles. The molecule has 1 heterocycles. The van der Waals surface area contributed by atoms with E-state index in [2.05, 4.69) is 0 Å². The first-order valence-electron chi connectivity index (χ1n) is 8.70. The summed E-state index contributed by atoms with van der Waals surface area (Å²) in [6.07, 6.45) is 3.03. The van der Waals surface area contributed by atoms with Gasteiger partial charge in [0.05, 0.1) is 18.6 Å². The fourth-order valence-corrected chi connectivity index (χ4v) is 5.19. The van der Waals surface area contributed by atoms with E-state index in [1.807, 2.05) is 13.2 Å². The second kappa shape index (κ2) is 9.45. The largest absolute Gasteiger partial charge is 0.496 e. The number of hydrogen-bond acceptors (Lipinski definition) is 7. The van der Waals surface area contributed by atoms with Crippen LogP contribution in [0.5, 0.6) is 5.75 Å². The number of methoxy groups -OCH3 is 1. The van der Waals surface area contributed by atoms with Crippen molar-refractivity contribution in [2.24, 2.45) is 0 Å². The highest BCUT2D eigenvalue weighted by Crippen LogP contribution is 2.26. The summed E-state index contributed by atoms with van der Waals surface area (Å²) in [5.41, 5.74) is 0.244. The Morgan fingerprint density at radius 2 is 2.07 bits per heavy atom. The summed E-state index contributed by atoms with van der Waals surface area (Å²) in [6, 6.07) is 4.76. The van der Waals surface area contributed by atoms with Gasteiger partial charge in [0.15, 0.2) is 16.4 Å². The first-order valence-corrected chi connectivity index (χ1v) is 11.7. The van der Waals surface area contributed by atoms with Gasteiger partial charge in [0, 0.05) is 17.5 Å². The van der Waals surface area contributed by atoms with Crippen molar-refractivity contribution in [3.8, 4) is 5.75 Å². The van der Waals surface area contributed by atoms with Crippen molar-refractivity contribution in [1.29, 1.82) is 0 Å². The van der Waals surface area contributed by atoms with E-state index in [0.717, 1.165) is 4.90 Å². The minimum atomic E-state index is -3.10. The molecule has 9 heteroatoms. The van der Waals surface area contributed by atoms with Crippen LogP contribution < -0.4 is 4.74 Å². The normalized spacial score (nSPS) is 18.1. The Morgan fingerprint density at radius 1 is 1.33 bits per heavy atom. The average molecular weight is 416 g/mol. The minimum Gasteiger partial charge on any atom is -0.496 e. The van der Waals surface area contributed by atoms with Crippen LogP contribution in [0.25, 0.3) is 0 Å². The number of rotatable bonds is 8. The van der Waals surface area contributed by atoms with Crippen molar-refractivity contribution in [2.45, 2.75) is 30.7 Å². The number of carbonyl (C=O) groups excluding carboxylic acids is 2. The summed E-state index contributed by atoms with van der Waals surface area (Å²) in [6.45, 7) is 1.92. The zero-order valence-electron chi connectivity index (χ0n) is 15.8. The van der Waals surface area contributed by atoms with Gasteiger partial charge < -0.3 is 14.4 Å². The molecule has 1 aromatic rings. The van der Waals surface area contributed by atoms with Crippen LogP contribution in [-0.4, -0.2) is 69.3 Å². The van der Waals surface area contributed by atoms with Crippen molar-refractivity contribution in [1.82, 2.24) is 4.90 Å². The number of sulfone groups is 1. The van der Waals surface area contributed by atoms with Crippen LogP contribution in [0, 0.1) is 0 Å². The highest BCUT2D eigenvalue weighted by Gasteiger charge is 2.34. The molecule has 0 aromatic heterocycles. The van der Waals surface area contributed by atoms with Gasteiger partial charge >= 0.3 is 5.97 Å². The van der Waals surface area contributed by atoms with E-state index in [4.69, 9.17) is 9.47 Å². The zero-order chi connectivity index (χ0) is 20.0. The Morgan fingerprint density at radius 3 is 2.63 bits per heavy atom. The van der Waals surface area contributed by atoms with E-state index < -0.39 is 22.4 Å². The molecule has 1 aromatic carbocycles. The van der Waals surface area contributed by atoms with Crippen molar-refractivity contribution in [3.63, 3.8) is 0 Å². The van der Waals surface area contributed by atoms with Crippen molar-refractivity contribution in [2.75, 3.05) is 38.0 Å². The fourth-order valence-electron chi connectivity index (χ4n) is 3.03. The number of nitrogens with zero attached hydrogens (tertiary/aromatic N) is 1. The van der Waals surface area contributed by atoms with E-state index >= 15 is 0 Å². The average Bonchev–Trinajstić information content (AvgIpc) is 3.02. The smallest absolute Gasteiger partial charge is 0.342 e. The summed E-state index contributed by atoms with van der Waals surface area (Å²) in [7, 11) is -1.64. The number of thioether (sulfide) groups is 1. The van der Waals surface area contributed by atoms with Gasteiger partial charge in [0.1, 0.15) is 11.3 Å². The van der Waals surface area contributed by atoms with Crippen molar-refractivity contribution < 1.29 is 27.5 Å². The van der Waals surface area contributed by atoms with Crippen molar-refractivity contribution >= 4 is 33.5 Å². The summed E-state index contributed by atoms with van der Waals surface area (Å²) in [5.74, 6) is -0.595. The van der Waals surface area contributed by atoms with Gasteiger partial charge in [-0.3, -0.25) is 4.79 Å². The lowest BCUT2D eigenvalue weighted by Crippen LogP contribution is -2.43. The predicted molar refractivity (Wildman–Crippen MR) is 104 cm³/mol. The number of esters is 1. The van der Waals surface area contributed by atoms with E-state index in [1.165, 1.54) is 23.8 Å². The molecule has 0 saturated carbocycles. The van der Waals surface area contributed by atoms with Gasteiger partial charge in [-0.25, -0.2) is 13.2 Å². The highest BCUT2D eigenvalue weighted by molar-refractivity contribution is 7.98. The maximum absolute atomic E-state index is 12.5. The van der Waals surface area contributed by atoms with Gasteiger partial charge in [0.25, 0.3) is 5.91 Å². The summed E-state index contributed by atoms with van der Waals surface area (Å²) < 4.78 is 33.8. The van der Waals surface area contributed by atoms with E-state index in [-0.39, 0.29) is 29.0 Å². The molecule has 1 fully saturated rings. The fraction of sp³-hybridized carbons (Fsp3) is 0.556. The molecule has 0 spiro atoms. The molecule has 1 aliphatic rings. The van der Waals surface area contributed by atoms with Gasteiger partial charge in [-0.1, -0.05) is 6.92 Å². The lowest BCUT2D eigenvalue weighted by Gasteiger charge is -2.27. The Balaban J connectivity index is 2.03. The summed E-state index contributed by atoms with van der Waals surface area (Å²) in [5, 5.41) is 0. The molecule has 7 nitrogen and oxygen atoms in total. The van der Waals surface area contributed by atoms with Crippen LogP contribution >= 0.6 is 11.8 Å². The summed E-state index contributed by atoms with van der Waals surface area (Å²) in [4.78, 5) is 27.4. The second-order valence-electron chi connectivity index (χ2n) is 6.29. The lowest BCUT2D eigenvalue weighted by molar-refractivity contribution is -0.136. The minimum absolute atomic E-state index is 0.0311. The molecule has 0 unspecified atom stereocenters. The molecule has 1 atom stereocenters. The summed E-state index contributed by atoms with van der Waals surface area (Å²) >= 11 is 1.52. The Kier molecular flexibility index (Phi) is 7.55. The highest BCUT2D eigenvalue weighted by atomic mass is 32.2. The Bertz CT molecular complexity index is 793. The molecule has 27 heavy (non-hydrogen) atoms. The van der Waals surface area contributed by atoms with Crippen LogP contribution in [0.1, 0.15) is 30.1 Å². The van der Waals surface area contributed by atoms with Crippen LogP contribution in [0.4, 0.5) is 0 Å². The lowest BCUT2D eigenvalue weighted by atomic mass is 10.2. The molecule has 1 amide bonds. The van der Waals surface area contributed by atoms with Crippen LogP contribution in [0.2, 0.25) is 0 Å². The predicted octanol–water partition coefficient (Wildman–Crippen LogP) is 2.00. The van der Waals surface area contributed by atoms with Gasteiger partial charge in [-0.15, -0.1) is 11.8 Å². The van der Waals surface area contributed by atoms with E-state index in [9.17, 15) is 18.0 Å². The first kappa shape index (κ1) is 21.6. The van der Waals surface area contributed by atoms with Crippen LogP contribution in [0.15, 0.2) is 23.1 Å².